The molecule has 2 nitrogen and oxygen atoms in total. The van der Waals surface area contributed by atoms with Gasteiger partial charge < -0.3 is 10.5 Å². The molecule has 0 aliphatic carbocycles. The molecule has 0 aliphatic heterocycles. The lowest BCUT2D eigenvalue weighted by Crippen LogP contribution is -2.36. The average Bonchev–Trinajstić information content (AvgIpc) is 2.51. The van der Waals surface area contributed by atoms with E-state index in [0.717, 1.165) is 16.8 Å². The van der Waals surface area contributed by atoms with Crippen LogP contribution in [0.25, 0.3) is 0 Å². The Morgan fingerprint density at radius 1 is 1.57 bits per heavy atom. The molecule has 0 saturated carbocycles. The number of rotatable bonds is 5. The van der Waals surface area contributed by atoms with E-state index in [1.54, 1.807) is 11.3 Å². The average molecular weight is 278 g/mol. The molecule has 0 aliphatic rings. The van der Waals surface area contributed by atoms with Gasteiger partial charge in [-0.2, -0.15) is 0 Å². The Labute approximate surface area is 97.6 Å². The lowest BCUT2D eigenvalue weighted by molar-refractivity contribution is 0.0579. The highest BCUT2D eigenvalue weighted by molar-refractivity contribution is 9.11. The number of hydrogen-bond donors (Lipinski definition) is 1. The summed E-state index contributed by atoms with van der Waals surface area (Å²) in [6, 6.07) is 4.24. The van der Waals surface area contributed by atoms with Crippen LogP contribution in [0.3, 0.4) is 0 Å². The first-order chi connectivity index (χ1) is 6.63. The van der Waals surface area contributed by atoms with Gasteiger partial charge in [0.05, 0.1) is 9.89 Å². The number of hydrogen-bond acceptors (Lipinski definition) is 3. The molecule has 0 radical (unpaired) electrons. The number of halogens is 1. The Morgan fingerprint density at radius 2 is 2.29 bits per heavy atom. The molecule has 0 aromatic carbocycles. The lowest BCUT2D eigenvalue weighted by Gasteiger charge is -2.18. The molecular formula is C10H16BrNOS. The zero-order valence-corrected chi connectivity index (χ0v) is 10.9. The standard InChI is InChI=1S/C10H16BrNOS/c1-3-13-7(2)9(12)6-8-4-5-10(11)14-8/h4-5,7,9H,3,6,12H2,1-2H3. The fourth-order valence-electron chi connectivity index (χ4n) is 1.25. The van der Waals surface area contributed by atoms with Crippen molar-refractivity contribution in [2.45, 2.75) is 32.4 Å². The third-order valence-electron chi connectivity index (χ3n) is 2.10. The van der Waals surface area contributed by atoms with Crippen LogP contribution in [0.5, 0.6) is 0 Å². The Balaban J connectivity index is 2.43. The van der Waals surface area contributed by atoms with Gasteiger partial charge in [-0.1, -0.05) is 0 Å². The second-order valence-electron chi connectivity index (χ2n) is 3.23. The van der Waals surface area contributed by atoms with E-state index in [-0.39, 0.29) is 12.1 Å². The topological polar surface area (TPSA) is 35.2 Å². The fraction of sp³-hybridized carbons (Fsp3) is 0.600. The van der Waals surface area contributed by atoms with Crippen LogP contribution in [0, 0.1) is 0 Å². The van der Waals surface area contributed by atoms with Crippen LogP contribution < -0.4 is 5.73 Å². The van der Waals surface area contributed by atoms with E-state index in [2.05, 4.69) is 28.1 Å². The van der Waals surface area contributed by atoms with Gasteiger partial charge in [-0.05, 0) is 48.3 Å². The first-order valence-electron chi connectivity index (χ1n) is 4.75. The maximum atomic E-state index is 6.01. The van der Waals surface area contributed by atoms with E-state index >= 15 is 0 Å². The molecule has 0 bridgehead atoms. The molecule has 1 aromatic rings. The monoisotopic (exact) mass is 277 g/mol. The molecule has 1 heterocycles. The van der Waals surface area contributed by atoms with Crippen molar-refractivity contribution < 1.29 is 4.74 Å². The van der Waals surface area contributed by atoms with E-state index < -0.39 is 0 Å². The molecule has 80 valence electrons. The predicted octanol–water partition coefficient (Wildman–Crippen LogP) is 2.81. The highest BCUT2D eigenvalue weighted by Gasteiger charge is 2.13. The van der Waals surface area contributed by atoms with Crippen LogP contribution in [0.15, 0.2) is 15.9 Å². The fourth-order valence-corrected chi connectivity index (χ4v) is 2.80. The van der Waals surface area contributed by atoms with Crippen molar-refractivity contribution in [2.75, 3.05) is 6.61 Å². The van der Waals surface area contributed by atoms with Gasteiger partial charge in [0.2, 0.25) is 0 Å². The van der Waals surface area contributed by atoms with E-state index in [1.165, 1.54) is 4.88 Å². The Morgan fingerprint density at radius 3 is 2.79 bits per heavy atom. The summed E-state index contributed by atoms with van der Waals surface area (Å²) in [6.07, 6.45) is 1.01. The van der Waals surface area contributed by atoms with Crippen LogP contribution in [0.1, 0.15) is 18.7 Å². The van der Waals surface area contributed by atoms with Crippen LogP contribution in [-0.2, 0) is 11.2 Å². The van der Waals surface area contributed by atoms with E-state index in [0.29, 0.717) is 0 Å². The third-order valence-corrected chi connectivity index (χ3v) is 3.74. The van der Waals surface area contributed by atoms with Crippen molar-refractivity contribution in [3.8, 4) is 0 Å². The summed E-state index contributed by atoms with van der Waals surface area (Å²) in [5, 5.41) is 0. The minimum absolute atomic E-state index is 0.0838. The summed E-state index contributed by atoms with van der Waals surface area (Å²) in [6.45, 7) is 4.74. The summed E-state index contributed by atoms with van der Waals surface area (Å²) in [5.41, 5.74) is 6.01. The molecule has 1 rings (SSSR count). The third kappa shape index (κ3) is 3.69. The van der Waals surface area contributed by atoms with E-state index in [4.69, 9.17) is 10.5 Å². The van der Waals surface area contributed by atoms with Gasteiger partial charge in [0.25, 0.3) is 0 Å². The highest BCUT2D eigenvalue weighted by atomic mass is 79.9. The molecular weight excluding hydrogens is 262 g/mol. The summed E-state index contributed by atoms with van der Waals surface area (Å²) >= 11 is 5.17. The molecule has 2 atom stereocenters. The first kappa shape index (κ1) is 12.2. The molecule has 2 N–H and O–H groups in total. The van der Waals surface area contributed by atoms with Crippen LogP contribution in [0.4, 0.5) is 0 Å². The summed E-state index contributed by atoms with van der Waals surface area (Å²) in [7, 11) is 0. The lowest BCUT2D eigenvalue weighted by atomic mass is 10.1. The Bertz CT molecular complexity index is 277. The Kier molecular flexibility index (Phi) is 5.09. The molecule has 14 heavy (non-hydrogen) atoms. The van der Waals surface area contributed by atoms with Crippen molar-refractivity contribution in [1.82, 2.24) is 0 Å². The second-order valence-corrected chi connectivity index (χ2v) is 5.78. The van der Waals surface area contributed by atoms with Gasteiger partial charge in [0, 0.05) is 17.5 Å². The number of ether oxygens (including phenoxy) is 1. The maximum Gasteiger partial charge on any atom is 0.0701 e. The van der Waals surface area contributed by atoms with Gasteiger partial charge in [0.15, 0.2) is 0 Å². The van der Waals surface area contributed by atoms with Crippen molar-refractivity contribution in [1.29, 1.82) is 0 Å². The number of thiophene rings is 1. The molecule has 0 fully saturated rings. The zero-order chi connectivity index (χ0) is 10.6. The Hall–Kier alpha value is 0.1000. The summed E-state index contributed by atoms with van der Waals surface area (Å²) < 4.78 is 6.61. The van der Waals surface area contributed by atoms with Crippen LogP contribution in [-0.4, -0.2) is 18.8 Å². The first-order valence-corrected chi connectivity index (χ1v) is 6.35. The van der Waals surface area contributed by atoms with Gasteiger partial charge in [-0.15, -0.1) is 11.3 Å². The quantitative estimate of drug-likeness (QED) is 0.899. The van der Waals surface area contributed by atoms with Crippen LogP contribution in [0.2, 0.25) is 0 Å². The highest BCUT2D eigenvalue weighted by Crippen LogP contribution is 2.23. The largest absolute Gasteiger partial charge is 0.377 e. The van der Waals surface area contributed by atoms with Gasteiger partial charge in [0.1, 0.15) is 0 Å². The molecule has 0 saturated heterocycles. The maximum absolute atomic E-state index is 6.01. The minimum atomic E-state index is 0.0838. The molecule has 0 spiro atoms. The van der Waals surface area contributed by atoms with Crippen molar-refractivity contribution in [2.24, 2.45) is 5.73 Å². The summed E-state index contributed by atoms with van der Waals surface area (Å²) in [4.78, 5) is 1.30. The van der Waals surface area contributed by atoms with E-state index in [1.807, 2.05) is 13.8 Å². The SMILES string of the molecule is CCOC(C)C(N)Cc1ccc(Br)s1. The zero-order valence-electron chi connectivity index (χ0n) is 8.50. The molecule has 4 heteroatoms. The molecule has 0 amide bonds. The van der Waals surface area contributed by atoms with Crippen molar-refractivity contribution in [3.05, 3.63) is 20.8 Å². The van der Waals surface area contributed by atoms with Gasteiger partial charge >= 0.3 is 0 Å². The van der Waals surface area contributed by atoms with Gasteiger partial charge in [-0.25, -0.2) is 0 Å². The molecule has 1 aromatic heterocycles. The van der Waals surface area contributed by atoms with Crippen molar-refractivity contribution in [3.63, 3.8) is 0 Å². The summed E-state index contributed by atoms with van der Waals surface area (Å²) in [5.74, 6) is 0. The van der Waals surface area contributed by atoms with Gasteiger partial charge in [-0.3, -0.25) is 0 Å². The van der Waals surface area contributed by atoms with E-state index in [9.17, 15) is 0 Å². The van der Waals surface area contributed by atoms with Crippen LogP contribution >= 0.6 is 27.3 Å². The normalized spacial score (nSPS) is 15.4. The predicted molar refractivity (Wildman–Crippen MR) is 64.8 cm³/mol. The van der Waals surface area contributed by atoms with Crippen molar-refractivity contribution >= 4 is 27.3 Å². The minimum Gasteiger partial charge on any atom is -0.377 e. The number of nitrogens with two attached hydrogens (primary N) is 1. The molecule has 2 unspecified atom stereocenters. The second kappa shape index (κ2) is 5.85. The smallest absolute Gasteiger partial charge is 0.0701 e.